The molecule has 20 rings (SSSR count). The number of nitrogens with zero attached hydrogens (tertiary/aromatic N) is 8. The molecule has 6 heterocycles. The lowest BCUT2D eigenvalue weighted by molar-refractivity contribution is 1.09. The first-order valence-electron chi connectivity index (χ1n) is 36.6. The first-order valence-corrected chi connectivity index (χ1v) is 36.6. The van der Waals surface area contributed by atoms with Crippen LogP contribution in [0.15, 0.2) is 334 Å². The third-order valence-corrected chi connectivity index (χ3v) is 21.9. The minimum Gasteiger partial charge on any atom is -0.307 e. The fourth-order valence-electron chi connectivity index (χ4n) is 17.1. The van der Waals surface area contributed by atoms with Gasteiger partial charge in [-0.05, 0) is 185 Å². The van der Waals surface area contributed by atoms with Crippen LogP contribution < -0.4 is 0 Å². The van der Waals surface area contributed by atoms with Gasteiger partial charge in [0, 0.05) is 54.2 Å². The fourth-order valence-corrected chi connectivity index (χ4v) is 17.1. The van der Waals surface area contributed by atoms with Crippen molar-refractivity contribution in [2.24, 2.45) is 0 Å². The molecule has 0 radical (unpaired) electrons. The summed E-state index contributed by atoms with van der Waals surface area (Å²) < 4.78 is 9.52. The highest BCUT2D eigenvalue weighted by Crippen LogP contribution is 2.47. The van der Waals surface area contributed by atoms with Crippen molar-refractivity contribution in [2.45, 2.75) is 27.2 Å². The molecule has 0 aliphatic carbocycles. The van der Waals surface area contributed by atoms with Crippen molar-refractivity contribution in [3.8, 4) is 102 Å². The van der Waals surface area contributed by atoms with E-state index < -0.39 is 0 Å². The standard InChI is InChI=1S/C100H66N8/c1-62-16-10-22-69(44-62)73-37-42-91-85(52-73)81-30-6-9-33-89(81)105(91)95-58-103-59-96(99(95)77-26-14-20-67(49-77)56-101)106-90-41-34-66(51-84(90)86-53-74(38-43-92(86)106)70-23-11-17-63(2)45-70)47-65-19-13-25-72(48-65)76-36-40-83-80-29-5-8-32-88(80)108(94(83)55-76)98-61-104-60-97(100(98)78-27-15-21-68(50-78)57-102)107-87-31-7-4-28-79(87)82-39-35-75(54-93(82)107)71-24-12-18-64(3)46-71/h4-46,48-55,58-61H,47H2,1-3H3. The minimum atomic E-state index is 0.575. The summed E-state index contributed by atoms with van der Waals surface area (Å²) >= 11 is 0. The van der Waals surface area contributed by atoms with Crippen LogP contribution >= 0.6 is 0 Å². The topological polar surface area (TPSA) is 93.1 Å². The third-order valence-electron chi connectivity index (χ3n) is 21.9. The fraction of sp³-hybridized carbons (Fsp3) is 0.0400. The Bertz CT molecular complexity index is 7240. The number of aryl methyl sites for hydroxylation is 3. The Kier molecular flexibility index (Phi) is 14.9. The van der Waals surface area contributed by atoms with Crippen LogP contribution in [0.1, 0.15) is 38.9 Å². The number of nitriles is 2. The van der Waals surface area contributed by atoms with Gasteiger partial charge in [-0.2, -0.15) is 10.5 Å². The molecule has 0 fully saturated rings. The minimum absolute atomic E-state index is 0.575. The van der Waals surface area contributed by atoms with Gasteiger partial charge in [-0.25, -0.2) is 0 Å². The monoisotopic (exact) mass is 1380 g/mol. The van der Waals surface area contributed by atoms with E-state index in [1.807, 2.05) is 61.2 Å². The highest BCUT2D eigenvalue weighted by molar-refractivity contribution is 6.16. The molecule has 20 aromatic rings. The molecule has 0 spiro atoms. The Morgan fingerprint density at radius 1 is 0.241 bits per heavy atom. The largest absolute Gasteiger partial charge is 0.307 e. The number of hydrogen-bond donors (Lipinski definition) is 0. The van der Waals surface area contributed by atoms with Crippen LogP contribution in [0.4, 0.5) is 0 Å². The zero-order valence-corrected chi connectivity index (χ0v) is 59.5. The highest BCUT2D eigenvalue weighted by atomic mass is 15.1. The summed E-state index contributed by atoms with van der Waals surface area (Å²) in [4.78, 5) is 10.4. The van der Waals surface area contributed by atoms with E-state index >= 15 is 0 Å². The maximum absolute atomic E-state index is 10.6. The van der Waals surface area contributed by atoms with E-state index in [0.29, 0.717) is 17.5 Å². The van der Waals surface area contributed by atoms with Gasteiger partial charge in [0.15, 0.2) is 0 Å². The molecule has 0 bridgehead atoms. The maximum atomic E-state index is 10.6. The van der Waals surface area contributed by atoms with Crippen molar-refractivity contribution in [3.05, 3.63) is 373 Å². The van der Waals surface area contributed by atoms with Crippen LogP contribution in [0.25, 0.3) is 177 Å². The molecular formula is C100H66N8. The number of benzene rings is 14. The lowest BCUT2D eigenvalue weighted by atomic mass is 9.97. The molecule has 0 saturated heterocycles. The molecule has 0 atom stereocenters. The van der Waals surface area contributed by atoms with Crippen LogP contribution in [-0.4, -0.2) is 28.2 Å². The van der Waals surface area contributed by atoms with Gasteiger partial charge in [-0.15, -0.1) is 0 Å². The average Bonchev–Trinajstić information content (AvgIpc) is 1.54. The van der Waals surface area contributed by atoms with Crippen LogP contribution in [0.5, 0.6) is 0 Å². The Morgan fingerprint density at radius 3 is 1.00 bits per heavy atom. The highest BCUT2D eigenvalue weighted by Gasteiger charge is 2.27. The van der Waals surface area contributed by atoms with Crippen LogP contribution in [-0.2, 0) is 6.42 Å². The number of aromatic nitrogens is 6. The second-order valence-electron chi connectivity index (χ2n) is 28.6. The van der Waals surface area contributed by atoms with E-state index in [9.17, 15) is 10.5 Å². The zero-order chi connectivity index (χ0) is 72.3. The van der Waals surface area contributed by atoms with Gasteiger partial charge in [-0.3, -0.25) is 9.97 Å². The summed E-state index contributed by atoms with van der Waals surface area (Å²) in [5.41, 5.74) is 31.9. The van der Waals surface area contributed by atoms with Gasteiger partial charge >= 0.3 is 0 Å². The molecule has 8 nitrogen and oxygen atoms in total. The van der Waals surface area contributed by atoms with Gasteiger partial charge in [0.05, 0.1) is 115 Å². The zero-order valence-electron chi connectivity index (χ0n) is 59.5. The lowest BCUT2D eigenvalue weighted by Gasteiger charge is -2.20. The van der Waals surface area contributed by atoms with E-state index in [-0.39, 0.29) is 0 Å². The second kappa shape index (κ2) is 25.5. The summed E-state index contributed by atoms with van der Waals surface area (Å²) in [7, 11) is 0. The van der Waals surface area contributed by atoms with Crippen molar-refractivity contribution in [2.75, 3.05) is 0 Å². The number of para-hydroxylation sites is 3. The number of rotatable bonds is 12. The Balaban J connectivity index is 0.735. The molecular weight excluding hydrogens is 1310 g/mol. The van der Waals surface area contributed by atoms with Crippen molar-refractivity contribution < 1.29 is 0 Å². The van der Waals surface area contributed by atoms with Crippen LogP contribution in [0.3, 0.4) is 0 Å². The molecule has 8 heteroatoms. The Hall–Kier alpha value is -14.4. The number of pyridine rings is 2. The van der Waals surface area contributed by atoms with E-state index in [4.69, 9.17) is 9.97 Å². The normalized spacial score (nSPS) is 11.7. The van der Waals surface area contributed by atoms with Crippen molar-refractivity contribution >= 4 is 87.2 Å². The predicted octanol–water partition coefficient (Wildman–Crippen LogP) is 25.1. The molecule has 0 aliphatic rings. The smallest absolute Gasteiger partial charge is 0.0991 e. The number of fused-ring (bicyclic) bond motifs is 12. The lowest BCUT2D eigenvalue weighted by Crippen LogP contribution is -2.05. The molecule has 108 heavy (non-hydrogen) atoms. The Morgan fingerprint density at radius 2 is 0.556 bits per heavy atom. The van der Waals surface area contributed by atoms with E-state index in [1.54, 1.807) is 0 Å². The summed E-state index contributed by atoms with van der Waals surface area (Å²) in [5, 5.41) is 30.1. The summed E-state index contributed by atoms with van der Waals surface area (Å²) in [6.45, 7) is 6.43. The molecule has 0 N–H and O–H groups in total. The van der Waals surface area contributed by atoms with Crippen molar-refractivity contribution in [1.29, 1.82) is 10.5 Å². The van der Waals surface area contributed by atoms with Gasteiger partial charge in [-0.1, -0.05) is 235 Å². The van der Waals surface area contributed by atoms with Crippen LogP contribution in [0.2, 0.25) is 0 Å². The molecule has 506 valence electrons. The third kappa shape index (κ3) is 10.5. The molecule has 0 amide bonds. The number of hydrogen-bond acceptors (Lipinski definition) is 4. The van der Waals surface area contributed by atoms with E-state index in [2.05, 4.69) is 324 Å². The molecule has 14 aromatic carbocycles. The Labute approximate surface area is 624 Å². The molecule has 0 unspecified atom stereocenters. The maximum Gasteiger partial charge on any atom is 0.0991 e. The summed E-state index contributed by atoms with van der Waals surface area (Å²) in [5.74, 6) is 0. The van der Waals surface area contributed by atoms with E-state index in [0.717, 1.165) is 171 Å². The van der Waals surface area contributed by atoms with Gasteiger partial charge < -0.3 is 18.3 Å². The van der Waals surface area contributed by atoms with Gasteiger partial charge in [0.2, 0.25) is 0 Å². The summed E-state index contributed by atoms with van der Waals surface area (Å²) in [6.07, 6.45) is 8.66. The quantitative estimate of drug-likeness (QED) is 0.122. The average molecular weight is 1380 g/mol. The van der Waals surface area contributed by atoms with Crippen molar-refractivity contribution in [3.63, 3.8) is 0 Å². The van der Waals surface area contributed by atoms with Crippen molar-refractivity contribution in [1.82, 2.24) is 28.2 Å². The second-order valence-corrected chi connectivity index (χ2v) is 28.6. The first kappa shape index (κ1) is 63.3. The van der Waals surface area contributed by atoms with Crippen LogP contribution in [0, 0.1) is 43.4 Å². The first-order chi connectivity index (χ1) is 53.2. The molecule has 0 saturated carbocycles. The molecule has 6 aromatic heterocycles. The van der Waals surface area contributed by atoms with E-state index in [1.165, 1.54) is 33.4 Å². The predicted molar refractivity (Wildman–Crippen MR) is 445 cm³/mol. The van der Waals surface area contributed by atoms with Gasteiger partial charge in [0.25, 0.3) is 0 Å². The van der Waals surface area contributed by atoms with Gasteiger partial charge in [0.1, 0.15) is 0 Å². The molecule has 0 aliphatic heterocycles. The SMILES string of the molecule is Cc1cccc(-c2ccc3c(c2)c2ccccc2n3-c2cncc(-n3c4ccc(Cc5cccc(-c6ccc7c8ccccc8n(-c8cncc(-n9c%10ccccc%10c%10ccc(-c%11cccc(C)c%11)cc%109)c8-c8cccc(C#N)c8)c7c6)c5)cc4c4cc(-c5cccc(C)c5)ccc43)c2-c2cccc(C#N)c2)c1. The summed E-state index contributed by atoms with van der Waals surface area (Å²) in [6, 6.07) is 116.